The largest absolute Gasteiger partial charge is 0.488 e. The van der Waals surface area contributed by atoms with E-state index in [-0.39, 0.29) is 25.9 Å². The van der Waals surface area contributed by atoms with E-state index in [0.717, 1.165) is 56.2 Å². The van der Waals surface area contributed by atoms with Crippen LogP contribution in [0.3, 0.4) is 0 Å². The van der Waals surface area contributed by atoms with Crippen molar-refractivity contribution < 1.29 is 14.6 Å². The summed E-state index contributed by atoms with van der Waals surface area (Å²) >= 11 is 10.7. The van der Waals surface area contributed by atoms with Crippen molar-refractivity contribution in [3.05, 3.63) is 105 Å². The first kappa shape index (κ1) is 36.8. The van der Waals surface area contributed by atoms with Crippen LogP contribution in [0.15, 0.2) is 77.7 Å². The van der Waals surface area contributed by atoms with E-state index in [0.29, 0.717) is 28.6 Å². The molecule has 1 saturated heterocycles. The van der Waals surface area contributed by atoms with E-state index in [1.54, 1.807) is 18.3 Å². The van der Waals surface area contributed by atoms with Crippen LogP contribution < -0.4 is 14.8 Å². The van der Waals surface area contributed by atoms with Crippen molar-refractivity contribution in [2.75, 3.05) is 26.2 Å². The Balaban J connectivity index is 1.16. The number of aliphatic hydroxyl groups is 1. The average Bonchev–Trinajstić information content (AvgIpc) is 3.84. The third-order valence-electron chi connectivity index (χ3n) is 9.33. The number of pyridine rings is 1. The van der Waals surface area contributed by atoms with E-state index in [4.69, 9.17) is 26.2 Å². The number of nitrogens with zero attached hydrogens (tertiary/aromatic N) is 5. The minimum Gasteiger partial charge on any atom is -0.488 e. The van der Waals surface area contributed by atoms with Gasteiger partial charge in [-0.3, -0.25) is 9.67 Å². The van der Waals surface area contributed by atoms with Gasteiger partial charge in [0.05, 0.1) is 28.9 Å². The fourth-order valence-corrected chi connectivity index (χ4v) is 7.28. The number of ether oxygens (including phenoxy) is 2. The van der Waals surface area contributed by atoms with E-state index < -0.39 is 0 Å². The van der Waals surface area contributed by atoms with E-state index in [9.17, 15) is 10.4 Å². The van der Waals surface area contributed by atoms with Crippen LogP contribution in [0.5, 0.6) is 11.5 Å². The number of unbranched alkanes of at least 4 members (excludes halogenated alkanes) is 2. The van der Waals surface area contributed by atoms with E-state index in [2.05, 4.69) is 66.1 Å². The third kappa shape index (κ3) is 9.47. The van der Waals surface area contributed by atoms with Crippen LogP contribution in [0.4, 0.5) is 0 Å². The van der Waals surface area contributed by atoms with Gasteiger partial charge >= 0.3 is 0 Å². The third-order valence-corrected chi connectivity index (χ3v) is 10.6. The van der Waals surface area contributed by atoms with Crippen molar-refractivity contribution in [1.29, 1.82) is 5.26 Å². The van der Waals surface area contributed by atoms with Gasteiger partial charge in [-0.25, -0.2) is 0 Å². The molecule has 11 heteroatoms. The summed E-state index contributed by atoms with van der Waals surface area (Å²) in [5, 5.41) is 28.4. The number of nitriles is 1. The number of rotatable bonds is 17. The number of halogens is 2. The molecule has 6 rings (SSSR count). The number of likely N-dealkylation sites (tertiary alicyclic amines) is 1. The zero-order valence-corrected chi connectivity index (χ0v) is 31.3. The van der Waals surface area contributed by atoms with Crippen LogP contribution >= 0.6 is 27.5 Å². The first-order valence-electron chi connectivity index (χ1n) is 17.6. The lowest BCUT2D eigenvalue weighted by Gasteiger charge is -2.18. The predicted molar refractivity (Wildman–Crippen MR) is 205 cm³/mol. The smallest absolute Gasteiger partial charge is 0.142 e. The maximum atomic E-state index is 9.52. The zero-order valence-electron chi connectivity index (χ0n) is 29.0. The number of nitrogens with one attached hydrogen (secondary N) is 1. The molecule has 0 saturated carbocycles. The average molecular weight is 772 g/mol. The Bertz CT molecular complexity index is 1970. The first-order chi connectivity index (χ1) is 24.9. The van der Waals surface area contributed by atoms with Crippen molar-refractivity contribution >= 4 is 38.4 Å². The highest BCUT2D eigenvalue weighted by atomic mass is 79.9. The number of benzene rings is 3. The Morgan fingerprint density at radius 1 is 0.941 bits per heavy atom. The maximum Gasteiger partial charge on any atom is 0.142 e. The molecule has 9 nitrogen and oxygen atoms in total. The molecule has 2 aromatic heterocycles. The van der Waals surface area contributed by atoms with Gasteiger partial charge in [0, 0.05) is 64.1 Å². The standard InChI is InChI=1S/C40H44BrClN6O3/c1-28(25-49)45-23-32-18-36(42)39(19-38(32)50-26-30-17-29(20-43)21-44-22-30)51-27-31-9-7-11-34(40(31)41)33-10-8-12-37-35(33)24-46-48(37)16-4-2-3-13-47-14-5-6-15-47/h7-12,17-19,21-22,24,28,45,49H,2-6,13-16,23,25-27H2,1H3. The number of aromatic nitrogens is 3. The van der Waals surface area contributed by atoms with E-state index in [1.165, 1.54) is 51.5 Å². The molecule has 1 unspecified atom stereocenters. The molecular formula is C40H44BrClN6O3. The van der Waals surface area contributed by atoms with Gasteiger partial charge in [0.25, 0.3) is 0 Å². The van der Waals surface area contributed by atoms with Crippen LogP contribution in [-0.4, -0.2) is 57.1 Å². The monoisotopic (exact) mass is 770 g/mol. The summed E-state index contributed by atoms with van der Waals surface area (Å²) in [5.74, 6) is 1.06. The highest BCUT2D eigenvalue weighted by molar-refractivity contribution is 9.10. The number of hydrogen-bond donors (Lipinski definition) is 2. The van der Waals surface area contributed by atoms with Crippen molar-refractivity contribution in [3.63, 3.8) is 0 Å². The zero-order chi connectivity index (χ0) is 35.6. The number of aryl methyl sites for hydroxylation is 1. The van der Waals surface area contributed by atoms with Crippen LogP contribution in [0, 0.1) is 11.3 Å². The Morgan fingerprint density at radius 2 is 1.73 bits per heavy atom. The summed E-state index contributed by atoms with van der Waals surface area (Å²) in [4.78, 5) is 6.73. The fourth-order valence-electron chi connectivity index (χ4n) is 6.45. The first-order valence-corrected chi connectivity index (χ1v) is 18.8. The minimum atomic E-state index is -0.108. The van der Waals surface area contributed by atoms with E-state index >= 15 is 0 Å². The summed E-state index contributed by atoms with van der Waals surface area (Å²) in [6, 6.07) is 20.0. The van der Waals surface area contributed by atoms with Gasteiger partial charge in [-0.2, -0.15) is 10.4 Å². The van der Waals surface area contributed by atoms with Gasteiger partial charge in [0.15, 0.2) is 0 Å². The maximum absolute atomic E-state index is 9.52. The Kier molecular flexibility index (Phi) is 13.0. The van der Waals surface area contributed by atoms with Crippen LogP contribution in [0.1, 0.15) is 61.3 Å². The molecule has 3 heterocycles. The van der Waals surface area contributed by atoms with Crippen molar-refractivity contribution in [3.8, 4) is 28.7 Å². The molecule has 0 amide bonds. The quantitative estimate of drug-likeness (QED) is 0.0911. The lowest BCUT2D eigenvalue weighted by atomic mass is 10.00. The molecule has 1 atom stereocenters. The van der Waals surface area contributed by atoms with Gasteiger partial charge in [-0.15, -0.1) is 0 Å². The van der Waals surface area contributed by atoms with Gasteiger partial charge in [0.1, 0.15) is 30.8 Å². The second kappa shape index (κ2) is 18.0. The molecule has 0 bridgehead atoms. The van der Waals surface area contributed by atoms with Gasteiger partial charge in [0.2, 0.25) is 0 Å². The lowest BCUT2D eigenvalue weighted by molar-refractivity contribution is 0.249. The second-order valence-corrected chi connectivity index (χ2v) is 14.3. The van der Waals surface area contributed by atoms with E-state index in [1.807, 2.05) is 31.3 Å². The summed E-state index contributed by atoms with van der Waals surface area (Å²) in [7, 11) is 0. The SMILES string of the molecule is CC(CO)NCc1cc(Cl)c(OCc2cccc(-c3cccc4c3cnn4CCCCCN3CCCC3)c2Br)cc1OCc1cncc(C#N)c1. The summed E-state index contributed by atoms with van der Waals surface area (Å²) in [6.45, 7) is 7.45. The molecule has 0 aliphatic carbocycles. The molecule has 0 radical (unpaired) electrons. The normalized spacial score (nSPS) is 13.8. The number of fused-ring (bicyclic) bond motifs is 1. The van der Waals surface area contributed by atoms with Crippen molar-refractivity contribution in [2.45, 2.75) is 71.4 Å². The molecular weight excluding hydrogens is 728 g/mol. The topological polar surface area (TPSA) is 108 Å². The molecule has 266 valence electrons. The van der Waals surface area contributed by atoms with Crippen molar-refractivity contribution in [1.82, 2.24) is 25.0 Å². The summed E-state index contributed by atoms with van der Waals surface area (Å²) < 4.78 is 15.6. The minimum absolute atomic E-state index is 0.00156. The molecule has 1 aliphatic heterocycles. The van der Waals surface area contributed by atoms with Gasteiger partial charge < -0.3 is 24.8 Å². The van der Waals surface area contributed by atoms with Gasteiger partial charge in [-0.1, -0.05) is 48.4 Å². The molecule has 51 heavy (non-hydrogen) atoms. The fraction of sp³-hybridized carbons (Fsp3) is 0.375. The summed E-state index contributed by atoms with van der Waals surface area (Å²) in [6.07, 6.45) is 11.4. The predicted octanol–water partition coefficient (Wildman–Crippen LogP) is 8.28. The molecule has 3 aromatic carbocycles. The molecule has 1 fully saturated rings. The molecule has 1 aliphatic rings. The molecule has 0 spiro atoms. The van der Waals surface area contributed by atoms with Crippen LogP contribution in [0.2, 0.25) is 5.02 Å². The molecule has 5 aromatic rings. The highest BCUT2D eigenvalue weighted by Crippen LogP contribution is 2.38. The number of aliphatic hydroxyl groups excluding tert-OH is 1. The van der Waals surface area contributed by atoms with Gasteiger partial charge in [-0.05, 0) is 97.5 Å². The van der Waals surface area contributed by atoms with Crippen LogP contribution in [0.25, 0.3) is 22.0 Å². The summed E-state index contributed by atoms with van der Waals surface area (Å²) in [5.41, 5.74) is 6.33. The number of hydrogen-bond acceptors (Lipinski definition) is 8. The lowest BCUT2D eigenvalue weighted by Crippen LogP contribution is -2.28. The Labute approximate surface area is 313 Å². The Hall–Kier alpha value is -3.98. The second-order valence-electron chi connectivity index (χ2n) is 13.1. The molecule has 2 N–H and O–H groups in total. The van der Waals surface area contributed by atoms with Crippen LogP contribution in [-0.2, 0) is 26.3 Å². The Morgan fingerprint density at radius 3 is 2.55 bits per heavy atom. The van der Waals surface area contributed by atoms with Crippen molar-refractivity contribution in [2.24, 2.45) is 0 Å². The highest BCUT2D eigenvalue weighted by Gasteiger charge is 2.17.